The Balaban J connectivity index is 1.73. The number of carbonyl (C=O) groups excluding carboxylic acids is 1. The molecular formula is C19H21ClN8OS. The second-order valence-corrected chi connectivity index (χ2v) is 8.23. The molecule has 4 heterocycles. The summed E-state index contributed by atoms with van der Waals surface area (Å²) < 4.78 is 3.48. The zero-order valence-corrected chi connectivity index (χ0v) is 18.2. The summed E-state index contributed by atoms with van der Waals surface area (Å²) in [6.07, 6.45) is 6.09. The number of fused-ring (bicyclic) bond motifs is 1. The number of anilines is 2. The molecule has 1 aliphatic rings. The fourth-order valence-electron chi connectivity index (χ4n) is 3.67. The molecule has 0 bridgehead atoms. The number of thiazole rings is 1. The second-order valence-electron chi connectivity index (χ2n) is 6.96. The van der Waals surface area contributed by atoms with E-state index < -0.39 is 6.04 Å². The lowest BCUT2D eigenvalue weighted by Crippen LogP contribution is -2.43. The lowest BCUT2D eigenvalue weighted by Gasteiger charge is -2.29. The van der Waals surface area contributed by atoms with Gasteiger partial charge in [0.2, 0.25) is 5.91 Å². The lowest BCUT2D eigenvalue weighted by molar-refractivity contribution is -0.117. The van der Waals surface area contributed by atoms with E-state index in [0.717, 1.165) is 31.5 Å². The number of hydrogen-bond donors (Lipinski definition) is 1. The second kappa shape index (κ2) is 8.45. The molecule has 1 unspecified atom stereocenters. The van der Waals surface area contributed by atoms with E-state index in [4.69, 9.17) is 11.6 Å². The first-order valence-electron chi connectivity index (χ1n) is 9.75. The van der Waals surface area contributed by atoms with Crippen LogP contribution >= 0.6 is 22.9 Å². The molecule has 0 fully saturated rings. The molecule has 11 heteroatoms. The minimum atomic E-state index is -0.572. The van der Waals surface area contributed by atoms with Gasteiger partial charge in [0, 0.05) is 24.7 Å². The van der Waals surface area contributed by atoms with Crippen LogP contribution in [0.2, 0.25) is 5.02 Å². The van der Waals surface area contributed by atoms with Crippen LogP contribution in [0.5, 0.6) is 0 Å². The van der Waals surface area contributed by atoms with Gasteiger partial charge in [-0.25, -0.2) is 4.98 Å². The molecule has 0 saturated heterocycles. The number of halogens is 1. The Morgan fingerprint density at radius 3 is 3.00 bits per heavy atom. The predicted octanol–water partition coefficient (Wildman–Crippen LogP) is 3.24. The SMILES string of the molecule is CCN(c1c(C#N)cnn1-c1nn2c(c1Cl)CCCC2)C(C)C(=O)Nc1nccs1. The molecule has 4 rings (SSSR count). The molecule has 0 spiro atoms. The van der Waals surface area contributed by atoms with Crippen molar-refractivity contribution in [2.24, 2.45) is 0 Å². The molecule has 0 radical (unpaired) electrons. The normalized spacial score (nSPS) is 14.1. The molecule has 156 valence electrons. The van der Waals surface area contributed by atoms with Gasteiger partial charge in [0.05, 0.1) is 11.9 Å². The third kappa shape index (κ3) is 3.55. The highest BCUT2D eigenvalue weighted by Crippen LogP contribution is 2.33. The fraction of sp³-hybridized carbons (Fsp3) is 0.421. The van der Waals surface area contributed by atoms with Gasteiger partial charge in [-0.05, 0) is 33.1 Å². The summed E-state index contributed by atoms with van der Waals surface area (Å²) in [7, 11) is 0. The van der Waals surface area contributed by atoms with Crippen LogP contribution in [-0.4, -0.2) is 43.0 Å². The highest BCUT2D eigenvalue weighted by molar-refractivity contribution is 7.13. The monoisotopic (exact) mass is 444 g/mol. The minimum Gasteiger partial charge on any atom is -0.344 e. The molecule has 0 aromatic carbocycles. The maximum absolute atomic E-state index is 12.8. The highest BCUT2D eigenvalue weighted by Gasteiger charge is 2.30. The van der Waals surface area contributed by atoms with E-state index in [1.165, 1.54) is 17.5 Å². The molecule has 1 amide bonds. The minimum absolute atomic E-state index is 0.223. The number of aryl methyl sites for hydroxylation is 1. The number of amides is 1. The van der Waals surface area contributed by atoms with Crippen molar-refractivity contribution < 1.29 is 4.79 Å². The largest absolute Gasteiger partial charge is 0.344 e. The molecule has 3 aromatic rings. The van der Waals surface area contributed by atoms with Crippen LogP contribution in [0.15, 0.2) is 17.8 Å². The molecule has 30 heavy (non-hydrogen) atoms. The molecule has 0 aliphatic carbocycles. The number of nitriles is 1. The van der Waals surface area contributed by atoms with E-state index in [1.807, 2.05) is 16.5 Å². The van der Waals surface area contributed by atoms with Crippen LogP contribution < -0.4 is 10.2 Å². The molecule has 0 saturated carbocycles. The van der Waals surface area contributed by atoms with E-state index in [1.54, 1.807) is 23.2 Å². The number of nitrogens with one attached hydrogen (secondary N) is 1. The van der Waals surface area contributed by atoms with Crippen molar-refractivity contribution in [1.29, 1.82) is 5.26 Å². The van der Waals surface area contributed by atoms with Gasteiger partial charge < -0.3 is 10.2 Å². The van der Waals surface area contributed by atoms with Crippen molar-refractivity contribution in [3.63, 3.8) is 0 Å². The first-order valence-corrected chi connectivity index (χ1v) is 11.0. The zero-order valence-electron chi connectivity index (χ0n) is 16.7. The topological polar surface area (TPSA) is 105 Å². The van der Waals surface area contributed by atoms with Crippen LogP contribution in [0.3, 0.4) is 0 Å². The highest BCUT2D eigenvalue weighted by atomic mass is 35.5. The van der Waals surface area contributed by atoms with Crippen molar-refractivity contribution in [3.8, 4) is 11.9 Å². The quantitative estimate of drug-likeness (QED) is 0.625. The average Bonchev–Trinajstić information content (AvgIpc) is 3.48. The van der Waals surface area contributed by atoms with E-state index in [0.29, 0.717) is 33.9 Å². The van der Waals surface area contributed by atoms with Crippen molar-refractivity contribution in [2.75, 3.05) is 16.8 Å². The number of carbonyl (C=O) groups is 1. The summed E-state index contributed by atoms with van der Waals surface area (Å²) >= 11 is 8.00. The van der Waals surface area contributed by atoms with Crippen LogP contribution in [0.4, 0.5) is 10.9 Å². The van der Waals surface area contributed by atoms with Gasteiger partial charge in [0.25, 0.3) is 0 Å². The summed E-state index contributed by atoms with van der Waals surface area (Å²) in [5.41, 5.74) is 1.34. The van der Waals surface area contributed by atoms with Gasteiger partial charge in [0.1, 0.15) is 22.7 Å². The van der Waals surface area contributed by atoms with Gasteiger partial charge in [0.15, 0.2) is 16.8 Å². The predicted molar refractivity (Wildman–Crippen MR) is 115 cm³/mol. The van der Waals surface area contributed by atoms with Gasteiger partial charge in [-0.3, -0.25) is 9.48 Å². The average molecular weight is 445 g/mol. The maximum atomic E-state index is 12.8. The lowest BCUT2D eigenvalue weighted by atomic mass is 10.1. The molecular weight excluding hydrogens is 424 g/mol. The Labute approximate surface area is 182 Å². The molecule has 1 N–H and O–H groups in total. The molecule has 3 aromatic heterocycles. The number of rotatable bonds is 6. The summed E-state index contributed by atoms with van der Waals surface area (Å²) in [6, 6.07) is 1.60. The Morgan fingerprint density at radius 2 is 2.33 bits per heavy atom. The van der Waals surface area contributed by atoms with E-state index in [9.17, 15) is 10.1 Å². The number of aromatic nitrogens is 5. The summed E-state index contributed by atoms with van der Waals surface area (Å²) in [5, 5.41) is 24.4. The number of likely N-dealkylation sites (N-methyl/N-ethyl adjacent to an activating group) is 1. The van der Waals surface area contributed by atoms with Crippen molar-refractivity contribution >= 4 is 39.8 Å². The van der Waals surface area contributed by atoms with E-state index >= 15 is 0 Å². The standard InChI is InChI=1S/C19H21ClN8OS/c1-3-26(12(2)17(29)24-19-22-7-9-30-19)18-13(10-21)11-23-28(18)16-15(20)14-6-4-5-8-27(14)25-16/h7,9,11-12H,3-6,8H2,1-2H3,(H,22,24,29). The first-order chi connectivity index (χ1) is 14.5. The smallest absolute Gasteiger partial charge is 0.248 e. The van der Waals surface area contributed by atoms with Gasteiger partial charge >= 0.3 is 0 Å². The fourth-order valence-corrected chi connectivity index (χ4v) is 4.51. The third-order valence-corrected chi connectivity index (χ3v) is 6.27. The van der Waals surface area contributed by atoms with E-state index in [-0.39, 0.29) is 5.91 Å². The third-order valence-electron chi connectivity index (χ3n) is 5.20. The Hall–Kier alpha value is -2.90. The van der Waals surface area contributed by atoms with Gasteiger partial charge in [-0.2, -0.15) is 20.1 Å². The van der Waals surface area contributed by atoms with Gasteiger partial charge in [-0.15, -0.1) is 11.3 Å². The molecule has 9 nitrogen and oxygen atoms in total. The van der Waals surface area contributed by atoms with Crippen LogP contribution in [0.25, 0.3) is 5.82 Å². The molecule has 1 atom stereocenters. The summed E-state index contributed by atoms with van der Waals surface area (Å²) in [6.45, 7) is 5.00. The van der Waals surface area contributed by atoms with Crippen molar-refractivity contribution in [3.05, 3.63) is 34.1 Å². The zero-order chi connectivity index (χ0) is 21.3. The van der Waals surface area contributed by atoms with Crippen molar-refractivity contribution in [1.82, 2.24) is 24.5 Å². The Bertz CT molecular complexity index is 1100. The van der Waals surface area contributed by atoms with Crippen LogP contribution in [0.1, 0.15) is 37.9 Å². The Morgan fingerprint density at radius 1 is 1.50 bits per heavy atom. The number of hydrogen-bond acceptors (Lipinski definition) is 7. The van der Waals surface area contributed by atoms with E-state index in [2.05, 4.69) is 26.6 Å². The summed E-state index contributed by atoms with van der Waals surface area (Å²) in [5.74, 6) is 0.758. The maximum Gasteiger partial charge on any atom is 0.248 e. The summed E-state index contributed by atoms with van der Waals surface area (Å²) in [4.78, 5) is 18.8. The van der Waals surface area contributed by atoms with Crippen LogP contribution in [-0.2, 0) is 17.8 Å². The van der Waals surface area contributed by atoms with Crippen LogP contribution in [0, 0.1) is 11.3 Å². The first kappa shape index (κ1) is 20.4. The van der Waals surface area contributed by atoms with Gasteiger partial charge in [-0.1, -0.05) is 11.6 Å². The molecule has 1 aliphatic heterocycles. The Kier molecular flexibility index (Phi) is 5.74. The van der Waals surface area contributed by atoms with Crippen molar-refractivity contribution in [2.45, 2.75) is 45.7 Å². The number of nitrogens with zero attached hydrogens (tertiary/aromatic N) is 7.